The fraction of sp³-hybridized carbons (Fsp3) is 0.571. The number of nitrogens with zero attached hydrogens (tertiary/aromatic N) is 3. The number of rotatable bonds is 8. The van der Waals surface area contributed by atoms with Crippen molar-refractivity contribution in [3.63, 3.8) is 0 Å². The van der Waals surface area contributed by atoms with Crippen molar-refractivity contribution in [3.8, 4) is 5.75 Å². The van der Waals surface area contributed by atoms with Crippen LogP contribution < -0.4 is 9.64 Å². The smallest absolute Gasteiger partial charge is 0.338 e. The number of aromatic carboxylic acids is 1. The molecule has 1 aliphatic rings. The molecule has 8 heteroatoms. The molecule has 1 unspecified atom stereocenters. The largest absolute Gasteiger partial charge is 0.493 e. The summed E-state index contributed by atoms with van der Waals surface area (Å²) in [5.41, 5.74) is -0.348. The first-order chi connectivity index (χ1) is 13.8. The van der Waals surface area contributed by atoms with Gasteiger partial charge in [-0.1, -0.05) is 20.8 Å². The second-order valence-corrected chi connectivity index (χ2v) is 7.97. The number of aromatic nitrogens is 2. The van der Waals surface area contributed by atoms with Gasteiger partial charge in [-0.15, -0.1) is 0 Å². The molecule has 29 heavy (non-hydrogen) atoms. The second kappa shape index (κ2) is 9.24. The van der Waals surface area contributed by atoms with Gasteiger partial charge in [-0.3, -0.25) is 0 Å². The number of piperidine rings is 1. The Hall–Kier alpha value is -2.64. The van der Waals surface area contributed by atoms with Gasteiger partial charge in [-0.25, -0.2) is 9.18 Å². The Morgan fingerprint density at radius 3 is 2.66 bits per heavy atom. The average Bonchev–Trinajstić information content (AvgIpc) is 3.18. The van der Waals surface area contributed by atoms with Crippen LogP contribution in [0.5, 0.6) is 5.75 Å². The lowest BCUT2D eigenvalue weighted by atomic mass is 9.84. The highest BCUT2D eigenvalue weighted by Gasteiger charge is 2.26. The van der Waals surface area contributed by atoms with E-state index in [4.69, 9.17) is 14.4 Å². The molecule has 158 valence electrons. The van der Waals surface area contributed by atoms with E-state index in [2.05, 4.69) is 22.0 Å². The van der Waals surface area contributed by atoms with Crippen molar-refractivity contribution in [1.82, 2.24) is 10.1 Å². The molecule has 1 fully saturated rings. The lowest BCUT2D eigenvalue weighted by Gasteiger charge is -2.34. The van der Waals surface area contributed by atoms with Crippen molar-refractivity contribution in [2.45, 2.75) is 46.0 Å². The van der Waals surface area contributed by atoms with E-state index in [9.17, 15) is 9.18 Å². The Labute approximate surface area is 169 Å². The van der Waals surface area contributed by atoms with Gasteiger partial charge in [0.2, 0.25) is 5.89 Å². The second-order valence-electron chi connectivity index (χ2n) is 7.97. The highest BCUT2D eigenvalue weighted by atomic mass is 19.1. The van der Waals surface area contributed by atoms with Crippen molar-refractivity contribution < 1.29 is 23.6 Å². The molecular formula is C21H28FN3O4. The molecule has 0 amide bonds. The first-order valence-corrected chi connectivity index (χ1v) is 10.1. The molecule has 2 aromatic rings. The summed E-state index contributed by atoms with van der Waals surface area (Å²) in [6.45, 7) is 8.53. The first-order valence-electron chi connectivity index (χ1n) is 10.1. The number of ether oxygens (including phenoxy) is 1. The molecule has 3 rings (SSSR count). The standard InChI is InChI=1S/C21H28FN3O4/c1-13(2)19-23-21(24-29-19)25-9-6-15(7-10-25)14(3)8-11-28-16-4-5-17(20(26)27)18(22)12-16/h4-5,12-15H,6-11H2,1-3H3,(H,26,27). The molecule has 1 aromatic heterocycles. The van der Waals surface area contributed by atoms with Crippen LogP contribution in [-0.4, -0.2) is 40.9 Å². The highest BCUT2D eigenvalue weighted by molar-refractivity contribution is 5.88. The molecule has 7 nitrogen and oxygen atoms in total. The predicted molar refractivity (Wildman–Crippen MR) is 106 cm³/mol. The van der Waals surface area contributed by atoms with Gasteiger partial charge in [0.05, 0.1) is 12.2 Å². The number of hydrogen-bond acceptors (Lipinski definition) is 6. The van der Waals surface area contributed by atoms with E-state index < -0.39 is 11.8 Å². The van der Waals surface area contributed by atoms with Crippen LogP contribution in [-0.2, 0) is 0 Å². The Bertz CT molecular complexity index is 831. The number of halogens is 1. The lowest BCUT2D eigenvalue weighted by Crippen LogP contribution is -2.36. The molecule has 0 radical (unpaired) electrons. The minimum atomic E-state index is -1.28. The third kappa shape index (κ3) is 5.25. The van der Waals surface area contributed by atoms with Crippen LogP contribution >= 0.6 is 0 Å². The van der Waals surface area contributed by atoms with Crippen LogP contribution in [0, 0.1) is 17.7 Å². The fourth-order valence-corrected chi connectivity index (χ4v) is 3.62. The zero-order valence-electron chi connectivity index (χ0n) is 17.1. The summed E-state index contributed by atoms with van der Waals surface area (Å²) in [5, 5.41) is 13.0. The highest BCUT2D eigenvalue weighted by Crippen LogP contribution is 2.29. The molecule has 1 N–H and O–H groups in total. The molecule has 1 aromatic carbocycles. The zero-order valence-corrected chi connectivity index (χ0v) is 17.1. The summed E-state index contributed by atoms with van der Waals surface area (Å²) >= 11 is 0. The zero-order chi connectivity index (χ0) is 21.0. The van der Waals surface area contributed by atoms with Gasteiger partial charge in [0, 0.05) is 25.1 Å². The Balaban J connectivity index is 1.43. The lowest BCUT2D eigenvalue weighted by molar-refractivity contribution is 0.0692. The number of carbonyl (C=O) groups is 1. The van der Waals surface area contributed by atoms with Crippen LogP contribution in [0.2, 0.25) is 0 Å². The molecule has 1 saturated heterocycles. The van der Waals surface area contributed by atoms with E-state index in [0.717, 1.165) is 38.4 Å². The van der Waals surface area contributed by atoms with E-state index in [1.807, 2.05) is 13.8 Å². The summed E-state index contributed by atoms with van der Waals surface area (Å²) in [5.74, 6) is 0.910. The molecule has 2 heterocycles. The molecule has 0 bridgehead atoms. The fourth-order valence-electron chi connectivity index (χ4n) is 3.62. The van der Waals surface area contributed by atoms with Gasteiger partial charge >= 0.3 is 5.97 Å². The number of hydrogen-bond donors (Lipinski definition) is 1. The Morgan fingerprint density at radius 1 is 1.34 bits per heavy atom. The maximum Gasteiger partial charge on any atom is 0.338 e. The molecule has 1 aliphatic heterocycles. The number of anilines is 1. The van der Waals surface area contributed by atoms with Crippen molar-refractivity contribution in [1.29, 1.82) is 0 Å². The van der Waals surface area contributed by atoms with Crippen LogP contribution in [0.4, 0.5) is 10.3 Å². The van der Waals surface area contributed by atoms with Gasteiger partial charge < -0.3 is 19.3 Å². The summed E-state index contributed by atoms with van der Waals surface area (Å²) in [6, 6.07) is 3.85. The maximum absolute atomic E-state index is 13.7. The third-order valence-corrected chi connectivity index (χ3v) is 5.56. The molecule has 1 atom stereocenters. The van der Waals surface area contributed by atoms with Gasteiger partial charge in [-0.05, 0) is 48.4 Å². The summed E-state index contributed by atoms with van der Waals surface area (Å²) < 4.78 is 24.6. The van der Waals surface area contributed by atoms with Crippen molar-refractivity contribution in [3.05, 3.63) is 35.5 Å². The molecular weight excluding hydrogens is 377 g/mol. The Kier molecular flexibility index (Phi) is 6.71. The maximum atomic E-state index is 13.7. The predicted octanol–water partition coefficient (Wildman–Crippen LogP) is 4.35. The van der Waals surface area contributed by atoms with E-state index >= 15 is 0 Å². The Morgan fingerprint density at radius 2 is 2.07 bits per heavy atom. The van der Waals surface area contributed by atoms with Gasteiger partial charge in [0.15, 0.2) is 0 Å². The first kappa shape index (κ1) is 21.1. The topological polar surface area (TPSA) is 88.7 Å². The normalized spacial score (nSPS) is 16.2. The summed E-state index contributed by atoms with van der Waals surface area (Å²) in [7, 11) is 0. The summed E-state index contributed by atoms with van der Waals surface area (Å²) in [6.07, 6.45) is 2.95. The van der Waals surface area contributed by atoms with E-state index in [1.54, 1.807) is 0 Å². The number of carboxylic acid groups (broad SMARTS) is 1. The molecule has 0 spiro atoms. The van der Waals surface area contributed by atoms with Crippen LogP contribution in [0.3, 0.4) is 0 Å². The number of benzene rings is 1. The van der Waals surface area contributed by atoms with Crippen LogP contribution in [0.15, 0.2) is 22.7 Å². The SMILES string of the molecule is CC(C)c1nc(N2CCC(C(C)CCOc3ccc(C(=O)O)c(F)c3)CC2)no1. The van der Waals surface area contributed by atoms with E-state index in [-0.39, 0.29) is 11.5 Å². The third-order valence-electron chi connectivity index (χ3n) is 5.56. The van der Waals surface area contributed by atoms with E-state index in [0.29, 0.717) is 36.0 Å². The van der Waals surface area contributed by atoms with Crippen molar-refractivity contribution in [2.75, 3.05) is 24.6 Å². The molecule has 0 aliphatic carbocycles. The minimum Gasteiger partial charge on any atom is -0.493 e. The average molecular weight is 405 g/mol. The van der Waals surface area contributed by atoms with Crippen LogP contribution in [0.25, 0.3) is 0 Å². The minimum absolute atomic E-state index is 0.225. The van der Waals surface area contributed by atoms with Crippen molar-refractivity contribution in [2.24, 2.45) is 11.8 Å². The van der Waals surface area contributed by atoms with Crippen LogP contribution in [0.1, 0.15) is 62.2 Å². The summed E-state index contributed by atoms with van der Waals surface area (Å²) in [4.78, 5) is 17.5. The van der Waals surface area contributed by atoms with Gasteiger partial charge in [0.25, 0.3) is 5.95 Å². The molecule has 0 saturated carbocycles. The quantitative estimate of drug-likeness (QED) is 0.698. The van der Waals surface area contributed by atoms with Gasteiger partial charge in [-0.2, -0.15) is 4.98 Å². The van der Waals surface area contributed by atoms with Gasteiger partial charge in [0.1, 0.15) is 11.6 Å². The van der Waals surface area contributed by atoms with E-state index in [1.165, 1.54) is 12.1 Å². The van der Waals surface area contributed by atoms with Crippen molar-refractivity contribution >= 4 is 11.9 Å². The number of carboxylic acids is 1. The monoisotopic (exact) mass is 405 g/mol.